The number of nitrogens with one attached hydrogen (secondary N) is 1. The van der Waals surface area contributed by atoms with E-state index in [1.165, 1.54) is 12.8 Å². The summed E-state index contributed by atoms with van der Waals surface area (Å²) in [6.07, 6.45) is 7.00. The first-order chi connectivity index (χ1) is 19.4. The van der Waals surface area contributed by atoms with Gasteiger partial charge < -0.3 is 20.9 Å². The second kappa shape index (κ2) is 14.6. The van der Waals surface area contributed by atoms with E-state index in [2.05, 4.69) is 45.2 Å². The minimum absolute atomic E-state index is 0.100. The second-order valence-electron chi connectivity index (χ2n) is 9.59. The molecule has 1 aliphatic rings. The van der Waals surface area contributed by atoms with Gasteiger partial charge >= 0.3 is 0 Å². The molecule has 4 heterocycles. The molecule has 1 saturated heterocycles. The van der Waals surface area contributed by atoms with Crippen LogP contribution in [0.25, 0.3) is 28.0 Å². The predicted octanol–water partition coefficient (Wildman–Crippen LogP) is 6.99. The average molecular weight is 612 g/mol. The maximum Gasteiger partial charge on any atom is 0.165 e. The third-order valence-electron chi connectivity index (χ3n) is 7.04. The molecule has 0 aliphatic carbocycles. The molecular weight excluding hydrogens is 568 g/mol. The van der Waals surface area contributed by atoms with Crippen LogP contribution in [0.1, 0.15) is 78.0 Å². The van der Waals surface area contributed by atoms with Gasteiger partial charge in [0.2, 0.25) is 0 Å². The standard InChI is InChI=1S/C27H31BrN6O2.2C2H6/c1-15(10-20-7-4-16(2)32-20)25-24(28)26(29)34-27(33-25)21(13-31-34)18-5-8-22(30-12-18)17-6-9-23(36-3)19(11-17)14-35;2*1-2/h5-6,8-9,11-13,15-16,20,32,35H,4,7,10,14,29H2,1-3H3;2*1-2H3. The Kier molecular flexibility index (Phi) is 11.5. The summed E-state index contributed by atoms with van der Waals surface area (Å²) in [5.41, 5.74) is 12.4. The highest BCUT2D eigenvalue weighted by molar-refractivity contribution is 9.10. The van der Waals surface area contributed by atoms with Crippen LogP contribution in [0.3, 0.4) is 0 Å². The number of aromatic nitrogens is 4. The van der Waals surface area contributed by atoms with Crippen molar-refractivity contribution in [2.75, 3.05) is 12.8 Å². The summed E-state index contributed by atoms with van der Waals surface area (Å²) in [6.45, 7) is 12.3. The molecule has 3 aromatic heterocycles. The molecule has 0 amide bonds. The first kappa shape index (κ1) is 31.5. The Morgan fingerprint density at radius 1 is 1.12 bits per heavy atom. The van der Waals surface area contributed by atoms with Crippen molar-refractivity contribution in [1.29, 1.82) is 0 Å². The maximum absolute atomic E-state index is 9.65. The van der Waals surface area contributed by atoms with Crippen molar-refractivity contribution in [3.8, 4) is 28.1 Å². The zero-order chi connectivity index (χ0) is 29.4. The number of ether oxygens (including phenoxy) is 1. The lowest BCUT2D eigenvalue weighted by Gasteiger charge is -2.19. The number of aliphatic hydroxyl groups is 1. The SMILES string of the molecule is CC.CC.COc1ccc(-c2ccc(-c3cnn4c(N)c(Br)c(C(C)CC5CCC(C)N5)nc34)cn2)cc1CO. The Morgan fingerprint density at radius 2 is 1.85 bits per heavy atom. The van der Waals surface area contributed by atoms with Crippen molar-refractivity contribution in [1.82, 2.24) is 24.9 Å². The number of hydrogen-bond acceptors (Lipinski definition) is 7. The van der Waals surface area contributed by atoms with Gasteiger partial charge in [0, 0.05) is 46.5 Å². The zero-order valence-electron chi connectivity index (χ0n) is 24.7. The number of methoxy groups -OCH3 is 1. The first-order valence-corrected chi connectivity index (χ1v) is 15.0. The fourth-order valence-electron chi connectivity index (χ4n) is 5.07. The van der Waals surface area contributed by atoms with E-state index in [4.69, 9.17) is 15.5 Å². The van der Waals surface area contributed by atoms with E-state index < -0.39 is 0 Å². The number of nitrogens with zero attached hydrogens (tertiary/aromatic N) is 4. The highest BCUT2D eigenvalue weighted by Gasteiger charge is 2.26. The van der Waals surface area contributed by atoms with Crippen molar-refractivity contribution in [3.05, 3.63) is 58.5 Å². The van der Waals surface area contributed by atoms with E-state index in [9.17, 15) is 5.11 Å². The van der Waals surface area contributed by atoms with Gasteiger partial charge in [0.05, 0.1) is 35.8 Å². The van der Waals surface area contributed by atoms with Gasteiger partial charge in [-0.1, -0.05) is 40.7 Å². The Morgan fingerprint density at radius 3 is 2.45 bits per heavy atom. The number of anilines is 1. The smallest absolute Gasteiger partial charge is 0.165 e. The highest BCUT2D eigenvalue weighted by Crippen LogP contribution is 2.35. The van der Waals surface area contributed by atoms with E-state index in [1.54, 1.807) is 17.8 Å². The third kappa shape index (κ3) is 6.65. The monoisotopic (exact) mass is 610 g/mol. The van der Waals surface area contributed by atoms with Gasteiger partial charge in [0.15, 0.2) is 5.65 Å². The van der Waals surface area contributed by atoms with Gasteiger partial charge in [-0.3, -0.25) is 4.98 Å². The first-order valence-electron chi connectivity index (χ1n) is 14.2. The summed E-state index contributed by atoms with van der Waals surface area (Å²) >= 11 is 3.68. The summed E-state index contributed by atoms with van der Waals surface area (Å²) in [5.74, 6) is 1.43. The van der Waals surface area contributed by atoms with Gasteiger partial charge in [0.1, 0.15) is 11.6 Å². The molecule has 40 heavy (non-hydrogen) atoms. The minimum atomic E-state index is -0.100. The summed E-state index contributed by atoms with van der Waals surface area (Å²) < 4.78 is 7.79. The fourth-order valence-corrected chi connectivity index (χ4v) is 5.72. The van der Waals surface area contributed by atoms with Gasteiger partial charge in [-0.05, 0) is 66.4 Å². The normalized spacial score (nSPS) is 17.0. The predicted molar refractivity (Wildman–Crippen MR) is 168 cm³/mol. The minimum Gasteiger partial charge on any atom is -0.496 e. The van der Waals surface area contributed by atoms with Crippen LogP contribution in [0, 0.1) is 0 Å². The second-order valence-corrected chi connectivity index (χ2v) is 10.4. The summed E-state index contributed by atoms with van der Waals surface area (Å²) in [4.78, 5) is 9.71. The van der Waals surface area contributed by atoms with Crippen LogP contribution in [0.2, 0.25) is 0 Å². The van der Waals surface area contributed by atoms with E-state index in [-0.39, 0.29) is 12.5 Å². The van der Waals surface area contributed by atoms with Gasteiger partial charge in [0.25, 0.3) is 0 Å². The largest absolute Gasteiger partial charge is 0.496 e. The van der Waals surface area contributed by atoms with Crippen LogP contribution in [0.4, 0.5) is 5.82 Å². The van der Waals surface area contributed by atoms with Crippen LogP contribution in [0.15, 0.2) is 47.2 Å². The molecule has 1 aliphatic heterocycles. The average Bonchev–Trinajstić information content (AvgIpc) is 3.62. The van der Waals surface area contributed by atoms with Crippen LogP contribution in [0.5, 0.6) is 5.75 Å². The lowest BCUT2D eigenvalue weighted by Crippen LogP contribution is -2.28. The molecule has 8 nitrogen and oxygen atoms in total. The van der Waals surface area contributed by atoms with E-state index in [1.807, 2.05) is 64.2 Å². The molecular formula is C31H43BrN6O2. The molecule has 0 radical (unpaired) electrons. The number of rotatable bonds is 7. The highest BCUT2D eigenvalue weighted by atomic mass is 79.9. The number of benzene rings is 1. The number of hydrogen-bond donors (Lipinski definition) is 3. The molecule has 4 N–H and O–H groups in total. The van der Waals surface area contributed by atoms with Crippen molar-refractivity contribution >= 4 is 27.4 Å². The quantitative estimate of drug-likeness (QED) is 0.207. The van der Waals surface area contributed by atoms with Crippen molar-refractivity contribution < 1.29 is 9.84 Å². The number of halogens is 1. The van der Waals surface area contributed by atoms with Crippen molar-refractivity contribution in [2.45, 2.75) is 85.4 Å². The molecule has 5 rings (SSSR count). The number of pyridine rings is 1. The summed E-state index contributed by atoms with van der Waals surface area (Å²) in [7, 11) is 1.59. The van der Waals surface area contributed by atoms with Crippen molar-refractivity contribution in [3.63, 3.8) is 0 Å². The molecule has 1 aromatic carbocycles. The van der Waals surface area contributed by atoms with Gasteiger partial charge in [-0.2, -0.15) is 9.61 Å². The van der Waals surface area contributed by atoms with Gasteiger partial charge in [-0.15, -0.1) is 0 Å². The lowest BCUT2D eigenvalue weighted by atomic mass is 9.97. The van der Waals surface area contributed by atoms with E-state index in [0.29, 0.717) is 29.3 Å². The molecule has 3 atom stereocenters. The van der Waals surface area contributed by atoms with Crippen molar-refractivity contribution in [2.24, 2.45) is 0 Å². The lowest BCUT2D eigenvalue weighted by molar-refractivity contribution is 0.274. The zero-order valence-corrected chi connectivity index (χ0v) is 26.3. The molecule has 4 aromatic rings. The number of nitrogens with two attached hydrogens (primary N) is 1. The molecule has 0 saturated carbocycles. The Bertz CT molecular complexity index is 1390. The summed E-state index contributed by atoms with van der Waals surface area (Å²) in [6, 6.07) is 10.7. The summed E-state index contributed by atoms with van der Waals surface area (Å²) in [5, 5.41) is 17.8. The van der Waals surface area contributed by atoms with Crippen LogP contribution in [-0.2, 0) is 6.61 Å². The van der Waals surface area contributed by atoms with Crippen LogP contribution >= 0.6 is 15.9 Å². The molecule has 9 heteroatoms. The number of aliphatic hydroxyl groups excluding tert-OH is 1. The number of nitrogen functional groups attached to an aromatic ring is 1. The molecule has 216 valence electrons. The Labute approximate surface area is 246 Å². The Balaban J connectivity index is 0.00000106. The van der Waals surface area contributed by atoms with E-state index in [0.717, 1.165) is 44.5 Å². The Hall–Kier alpha value is -3.01. The number of fused-ring (bicyclic) bond motifs is 1. The van der Waals surface area contributed by atoms with Crippen LogP contribution in [-0.4, -0.2) is 43.9 Å². The molecule has 0 bridgehead atoms. The molecule has 0 spiro atoms. The van der Waals surface area contributed by atoms with E-state index >= 15 is 0 Å². The maximum atomic E-state index is 9.65. The van der Waals surface area contributed by atoms with Gasteiger partial charge in [-0.25, -0.2) is 4.98 Å². The fraction of sp³-hybridized carbons (Fsp3) is 0.452. The topological polar surface area (TPSA) is 111 Å². The molecule has 3 unspecified atom stereocenters. The molecule has 1 fully saturated rings. The third-order valence-corrected chi connectivity index (χ3v) is 7.85. The van der Waals surface area contributed by atoms with Crippen LogP contribution < -0.4 is 15.8 Å².